The van der Waals surface area contributed by atoms with Crippen molar-refractivity contribution in [1.29, 1.82) is 0 Å². The Morgan fingerprint density at radius 2 is 1.64 bits per heavy atom. The van der Waals surface area contributed by atoms with Crippen LogP contribution < -0.4 is 0 Å². The van der Waals surface area contributed by atoms with Gasteiger partial charge in [-0.2, -0.15) is 0 Å². The Hall–Kier alpha value is -3.27. The fourth-order valence-corrected chi connectivity index (χ4v) is 5.52. The van der Waals surface area contributed by atoms with Crippen LogP contribution in [-0.4, -0.2) is 42.0 Å². The van der Waals surface area contributed by atoms with Gasteiger partial charge in [-0.25, -0.2) is 17.7 Å². The highest BCUT2D eigenvalue weighted by Gasteiger charge is 2.22. The minimum absolute atomic E-state index is 0.251. The molecular weight excluding hydrogens is 456 g/mol. The Bertz CT molecular complexity index is 1580. The molecule has 0 spiro atoms. The van der Waals surface area contributed by atoms with Gasteiger partial charge in [-0.15, -0.1) is 10.2 Å². The van der Waals surface area contributed by atoms with Crippen LogP contribution in [-0.2, 0) is 10.0 Å². The number of aryl methyl sites for hydroxylation is 1. The van der Waals surface area contributed by atoms with Crippen molar-refractivity contribution in [3.8, 4) is 11.3 Å². The molecule has 7 nitrogen and oxygen atoms in total. The average Bonchev–Trinajstić information content (AvgIpc) is 3.22. The first kappa shape index (κ1) is 21.6. The van der Waals surface area contributed by atoms with Gasteiger partial charge >= 0.3 is 0 Å². The van der Waals surface area contributed by atoms with Gasteiger partial charge in [0.05, 0.1) is 4.90 Å². The molecule has 0 saturated heterocycles. The summed E-state index contributed by atoms with van der Waals surface area (Å²) in [4.78, 5) is 4.77. The zero-order chi connectivity index (χ0) is 23.2. The Morgan fingerprint density at radius 3 is 2.39 bits per heavy atom. The maximum Gasteiger partial charge on any atom is 0.263 e. The standard InChI is InChI=1S/C24H20N4O3S2/c1-15-12-13-16(14-21(15)33(29,30)28(2)3)22-17-8-4-5-9-18(17)23(27-26-22)32-24-25-19-10-6-7-11-20(19)31-24/h4-14H,1-3H3. The minimum Gasteiger partial charge on any atom is -0.431 e. The molecule has 5 rings (SSSR count). The molecular formula is C24H20N4O3S2. The topological polar surface area (TPSA) is 89.2 Å². The smallest absolute Gasteiger partial charge is 0.263 e. The number of para-hydroxylation sites is 2. The fraction of sp³-hybridized carbons (Fsp3) is 0.125. The van der Waals surface area contributed by atoms with E-state index in [-0.39, 0.29) is 4.90 Å². The van der Waals surface area contributed by atoms with Crippen LogP contribution in [0.5, 0.6) is 0 Å². The van der Waals surface area contributed by atoms with Crippen LogP contribution in [0.3, 0.4) is 0 Å². The van der Waals surface area contributed by atoms with Gasteiger partial charge in [0.25, 0.3) is 5.22 Å². The van der Waals surface area contributed by atoms with Crippen molar-refractivity contribution in [2.75, 3.05) is 14.1 Å². The molecule has 0 N–H and O–H groups in total. The molecule has 3 aromatic carbocycles. The molecule has 0 unspecified atom stereocenters. The molecule has 0 bridgehead atoms. The van der Waals surface area contributed by atoms with Gasteiger partial charge in [-0.3, -0.25) is 0 Å². The molecule has 2 heterocycles. The van der Waals surface area contributed by atoms with Gasteiger partial charge in [0.2, 0.25) is 10.0 Å². The van der Waals surface area contributed by atoms with Crippen molar-refractivity contribution < 1.29 is 12.8 Å². The number of hydrogen-bond donors (Lipinski definition) is 0. The van der Waals surface area contributed by atoms with E-state index in [9.17, 15) is 8.42 Å². The Balaban J connectivity index is 1.62. The van der Waals surface area contributed by atoms with E-state index in [0.29, 0.717) is 32.7 Å². The van der Waals surface area contributed by atoms with Crippen LogP contribution in [0.4, 0.5) is 0 Å². The summed E-state index contributed by atoms with van der Waals surface area (Å²) in [6.45, 7) is 1.78. The lowest BCUT2D eigenvalue weighted by molar-refractivity contribution is 0.489. The van der Waals surface area contributed by atoms with E-state index < -0.39 is 10.0 Å². The monoisotopic (exact) mass is 476 g/mol. The fourth-order valence-electron chi connectivity index (χ4n) is 3.57. The molecule has 0 atom stereocenters. The second-order valence-corrected chi connectivity index (χ2v) is 10.8. The third-order valence-electron chi connectivity index (χ3n) is 5.33. The molecule has 0 aliphatic carbocycles. The van der Waals surface area contributed by atoms with E-state index in [1.165, 1.54) is 30.2 Å². The highest BCUT2D eigenvalue weighted by molar-refractivity contribution is 7.99. The molecule has 0 amide bonds. The third-order valence-corrected chi connectivity index (χ3v) is 8.13. The quantitative estimate of drug-likeness (QED) is 0.347. The Kier molecular flexibility index (Phi) is 5.40. The number of fused-ring (bicyclic) bond motifs is 2. The second kappa shape index (κ2) is 8.26. The van der Waals surface area contributed by atoms with E-state index in [4.69, 9.17) is 4.42 Å². The predicted molar refractivity (Wildman–Crippen MR) is 129 cm³/mol. The van der Waals surface area contributed by atoms with Crippen LogP contribution in [0.1, 0.15) is 5.56 Å². The highest BCUT2D eigenvalue weighted by Crippen LogP contribution is 2.36. The van der Waals surface area contributed by atoms with E-state index in [1.54, 1.807) is 19.1 Å². The lowest BCUT2D eigenvalue weighted by Crippen LogP contribution is -2.23. The van der Waals surface area contributed by atoms with Crippen molar-refractivity contribution in [3.63, 3.8) is 0 Å². The maximum absolute atomic E-state index is 12.8. The normalized spacial score (nSPS) is 12.1. The molecule has 33 heavy (non-hydrogen) atoms. The van der Waals surface area contributed by atoms with Crippen LogP contribution in [0.15, 0.2) is 86.3 Å². The first-order chi connectivity index (χ1) is 15.8. The van der Waals surface area contributed by atoms with Gasteiger partial charge in [-0.05, 0) is 42.4 Å². The van der Waals surface area contributed by atoms with Crippen LogP contribution in [0, 0.1) is 6.92 Å². The lowest BCUT2D eigenvalue weighted by atomic mass is 10.0. The summed E-state index contributed by atoms with van der Waals surface area (Å²) >= 11 is 1.31. The number of benzene rings is 3. The van der Waals surface area contributed by atoms with Crippen molar-refractivity contribution in [2.24, 2.45) is 0 Å². The molecule has 5 aromatic rings. The summed E-state index contributed by atoms with van der Waals surface area (Å²) < 4.78 is 32.6. The first-order valence-electron chi connectivity index (χ1n) is 10.2. The summed E-state index contributed by atoms with van der Waals surface area (Å²) in [5.74, 6) is 0. The molecule has 166 valence electrons. The minimum atomic E-state index is -3.59. The molecule has 0 saturated carbocycles. The Morgan fingerprint density at radius 1 is 0.909 bits per heavy atom. The van der Waals surface area contributed by atoms with E-state index in [2.05, 4.69) is 15.2 Å². The SMILES string of the molecule is Cc1ccc(-c2nnc(Sc3nc4ccccc4o3)c3ccccc23)cc1S(=O)(=O)N(C)C. The molecule has 9 heteroatoms. The molecule has 0 radical (unpaired) electrons. The van der Waals surface area contributed by atoms with E-state index in [1.807, 2.05) is 54.6 Å². The summed E-state index contributed by atoms with van der Waals surface area (Å²) in [7, 11) is -0.547. The number of nitrogens with zero attached hydrogens (tertiary/aromatic N) is 4. The summed E-state index contributed by atoms with van der Waals surface area (Å²) in [5, 5.41) is 11.8. The number of oxazole rings is 1. The van der Waals surface area contributed by atoms with E-state index in [0.717, 1.165) is 16.3 Å². The largest absolute Gasteiger partial charge is 0.431 e. The number of aromatic nitrogens is 3. The van der Waals surface area contributed by atoms with Gasteiger partial charge in [0, 0.05) is 30.4 Å². The average molecular weight is 477 g/mol. The lowest BCUT2D eigenvalue weighted by Gasteiger charge is -2.15. The predicted octanol–water partition coefficient (Wildman–Crippen LogP) is 5.15. The van der Waals surface area contributed by atoms with Gasteiger partial charge < -0.3 is 4.42 Å². The van der Waals surface area contributed by atoms with Crippen molar-refractivity contribution >= 4 is 43.7 Å². The van der Waals surface area contributed by atoms with Crippen LogP contribution >= 0.6 is 11.8 Å². The molecule has 0 aliphatic rings. The van der Waals surface area contributed by atoms with Crippen molar-refractivity contribution in [3.05, 3.63) is 72.3 Å². The van der Waals surface area contributed by atoms with Crippen LogP contribution in [0.25, 0.3) is 33.1 Å². The first-order valence-corrected chi connectivity index (χ1v) is 12.4. The summed E-state index contributed by atoms with van der Waals surface area (Å²) in [6, 6.07) is 20.7. The maximum atomic E-state index is 12.8. The second-order valence-electron chi connectivity index (χ2n) is 7.72. The molecule has 0 fully saturated rings. The van der Waals surface area contributed by atoms with Gasteiger partial charge in [0.15, 0.2) is 5.58 Å². The zero-order valence-corrected chi connectivity index (χ0v) is 19.8. The number of rotatable bonds is 5. The van der Waals surface area contributed by atoms with E-state index >= 15 is 0 Å². The third kappa shape index (κ3) is 3.88. The van der Waals surface area contributed by atoms with Gasteiger partial charge in [-0.1, -0.05) is 48.5 Å². The number of sulfonamides is 1. The highest BCUT2D eigenvalue weighted by atomic mass is 32.2. The number of hydrogen-bond acceptors (Lipinski definition) is 7. The van der Waals surface area contributed by atoms with Crippen molar-refractivity contribution in [1.82, 2.24) is 19.5 Å². The van der Waals surface area contributed by atoms with Gasteiger partial charge in [0.1, 0.15) is 16.2 Å². The summed E-state index contributed by atoms with van der Waals surface area (Å²) in [6.07, 6.45) is 0. The molecule has 0 aliphatic heterocycles. The zero-order valence-electron chi connectivity index (χ0n) is 18.2. The van der Waals surface area contributed by atoms with Crippen LogP contribution in [0.2, 0.25) is 0 Å². The van der Waals surface area contributed by atoms with Crippen molar-refractivity contribution in [2.45, 2.75) is 22.1 Å². The molecule has 2 aromatic heterocycles. The Labute approximate surface area is 195 Å². The summed E-state index contributed by atoms with van der Waals surface area (Å²) in [5.41, 5.74) is 3.46.